The van der Waals surface area contributed by atoms with Crippen LogP contribution in [0.4, 0.5) is 0 Å². The quantitative estimate of drug-likeness (QED) is 0.691. The van der Waals surface area contributed by atoms with Crippen molar-refractivity contribution < 1.29 is 9.15 Å². The zero-order valence-electron chi connectivity index (χ0n) is 9.88. The molecule has 1 heterocycles. The summed E-state index contributed by atoms with van der Waals surface area (Å²) in [6.07, 6.45) is 0. The monoisotopic (exact) mass is 218 g/mol. The molecule has 1 aromatic carbocycles. The molecule has 0 aliphatic heterocycles. The van der Waals surface area contributed by atoms with Crippen LogP contribution in [0.2, 0.25) is 0 Å². The third kappa shape index (κ3) is 1.48. The highest BCUT2D eigenvalue weighted by molar-refractivity contribution is 5.83. The smallest absolute Gasteiger partial charge is 0.339 e. The predicted molar refractivity (Wildman–Crippen MR) is 63.2 cm³/mol. The Kier molecular flexibility index (Phi) is 2.46. The van der Waals surface area contributed by atoms with E-state index in [1.807, 2.05) is 26.0 Å². The van der Waals surface area contributed by atoms with Crippen molar-refractivity contribution in [3.63, 3.8) is 0 Å². The van der Waals surface area contributed by atoms with Crippen molar-refractivity contribution in [3.8, 4) is 5.75 Å². The number of fused-ring (bicyclic) bond motifs is 1. The molecule has 0 saturated heterocycles. The second-order valence-corrected chi connectivity index (χ2v) is 3.96. The summed E-state index contributed by atoms with van der Waals surface area (Å²) in [7, 11) is 1.63. The summed E-state index contributed by atoms with van der Waals surface area (Å²) in [4.78, 5) is 11.5. The van der Waals surface area contributed by atoms with Crippen LogP contribution in [0.3, 0.4) is 0 Å². The number of aryl methyl sites for hydroxylation is 2. The maximum atomic E-state index is 11.5. The highest BCUT2D eigenvalue weighted by Crippen LogP contribution is 2.27. The highest BCUT2D eigenvalue weighted by Gasteiger charge is 2.10. The Balaban J connectivity index is 2.92. The van der Waals surface area contributed by atoms with Crippen LogP contribution in [0.25, 0.3) is 11.0 Å². The van der Waals surface area contributed by atoms with Gasteiger partial charge in [0.1, 0.15) is 11.3 Å². The lowest BCUT2D eigenvalue weighted by atomic mass is 10.0. The van der Waals surface area contributed by atoms with Gasteiger partial charge in [-0.15, -0.1) is 0 Å². The maximum absolute atomic E-state index is 11.5. The molecule has 0 spiro atoms. The van der Waals surface area contributed by atoms with Gasteiger partial charge in [-0.05, 0) is 44.0 Å². The lowest BCUT2D eigenvalue weighted by Gasteiger charge is -2.08. The van der Waals surface area contributed by atoms with Crippen LogP contribution in [-0.2, 0) is 0 Å². The normalized spacial score (nSPS) is 10.8. The summed E-state index contributed by atoms with van der Waals surface area (Å²) < 4.78 is 10.5. The molecule has 16 heavy (non-hydrogen) atoms. The number of benzene rings is 1. The lowest BCUT2D eigenvalue weighted by Crippen LogP contribution is -2.05. The molecule has 0 amide bonds. The molecule has 84 valence electrons. The minimum Gasteiger partial charge on any atom is -0.496 e. The van der Waals surface area contributed by atoms with E-state index in [1.165, 1.54) is 0 Å². The average molecular weight is 218 g/mol. The SMILES string of the molecule is COc1cc2c(C)c(C)c(=O)oc2cc1C. The molecule has 1 aromatic heterocycles. The number of hydrogen-bond donors (Lipinski definition) is 0. The van der Waals surface area contributed by atoms with E-state index in [1.54, 1.807) is 14.0 Å². The van der Waals surface area contributed by atoms with E-state index >= 15 is 0 Å². The highest BCUT2D eigenvalue weighted by atomic mass is 16.5. The van der Waals surface area contributed by atoms with Crippen molar-refractivity contribution >= 4 is 11.0 Å². The van der Waals surface area contributed by atoms with E-state index in [4.69, 9.17) is 9.15 Å². The minimum absolute atomic E-state index is 0.269. The Hall–Kier alpha value is -1.77. The van der Waals surface area contributed by atoms with Crippen molar-refractivity contribution in [2.75, 3.05) is 7.11 Å². The molecule has 0 atom stereocenters. The molecule has 0 radical (unpaired) electrons. The molecule has 0 aliphatic rings. The van der Waals surface area contributed by atoms with Gasteiger partial charge in [0.05, 0.1) is 7.11 Å². The van der Waals surface area contributed by atoms with Crippen molar-refractivity contribution in [2.24, 2.45) is 0 Å². The van der Waals surface area contributed by atoms with E-state index < -0.39 is 0 Å². The van der Waals surface area contributed by atoms with Crippen molar-refractivity contribution in [3.05, 3.63) is 39.2 Å². The molecule has 0 fully saturated rings. The lowest BCUT2D eigenvalue weighted by molar-refractivity contribution is 0.412. The summed E-state index contributed by atoms with van der Waals surface area (Å²) in [5.74, 6) is 0.809. The number of methoxy groups -OCH3 is 1. The van der Waals surface area contributed by atoms with Gasteiger partial charge in [-0.25, -0.2) is 4.79 Å². The summed E-state index contributed by atoms with van der Waals surface area (Å²) in [5, 5.41) is 0.930. The minimum atomic E-state index is -0.269. The molecule has 0 bridgehead atoms. The first-order valence-corrected chi connectivity index (χ1v) is 5.13. The zero-order chi connectivity index (χ0) is 11.9. The van der Waals surface area contributed by atoms with Crippen LogP contribution in [0.15, 0.2) is 21.3 Å². The number of hydrogen-bond acceptors (Lipinski definition) is 3. The van der Waals surface area contributed by atoms with Crippen LogP contribution in [0.5, 0.6) is 5.75 Å². The summed E-state index contributed by atoms with van der Waals surface area (Å²) in [6.45, 7) is 5.61. The van der Waals surface area contributed by atoms with Gasteiger partial charge in [-0.3, -0.25) is 0 Å². The number of rotatable bonds is 1. The van der Waals surface area contributed by atoms with E-state index in [-0.39, 0.29) is 5.63 Å². The first-order chi connectivity index (χ1) is 7.54. The van der Waals surface area contributed by atoms with Gasteiger partial charge >= 0.3 is 5.63 Å². The molecule has 2 aromatic rings. The number of ether oxygens (including phenoxy) is 1. The largest absolute Gasteiger partial charge is 0.496 e. The Labute approximate surface area is 93.7 Å². The Morgan fingerprint density at radius 3 is 2.44 bits per heavy atom. The van der Waals surface area contributed by atoms with Gasteiger partial charge < -0.3 is 9.15 Å². The van der Waals surface area contributed by atoms with Crippen LogP contribution in [0.1, 0.15) is 16.7 Å². The first kappa shape index (κ1) is 10.7. The molecule has 0 unspecified atom stereocenters. The molecule has 0 aliphatic carbocycles. The van der Waals surface area contributed by atoms with Crippen molar-refractivity contribution in [1.82, 2.24) is 0 Å². The van der Waals surface area contributed by atoms with Gasteiger partial charge in [0.15, 0.2) is 0 Å². The molecular weight excluding hydrogens is 204 g/mol. The van der Waals surface area contributed by atoms with E-state index in [2.05, 4.69) is 0 Å². The fourth-order valence-electron chi connectivity index (χ4n) is 1.79. The topological polar surface area (TPSA) is 39.4 Å². The molecule has 2 rings (SSSR count). The first-order valence-electron chi connectivity index (χ1n) is 5.13. The molecule has 3 heteroatoms. The fourth-order valence-corrected chi connectivity index (χ4v) is 1.79. The molecular formula is C13H14O3. The van der Waals surface area contributed by atoms with E-state index in [9.17, 15) is 4.79 Å². The Morgan fingerprint density at radius 1 is 1.12 bits per heavy atom. The van der Waals surface area contributed by atoms with Gasteiger partial charge in [0, 0.05) is 10.9 Å². The Morgan fingerprint density at radius 2 is 1.81 bits per heavy atom. The van der Waals surface area contributed by atoms with Crippen molar-refractivity contribution in [2.45, 2.75) is 20.8 Å². The molecule has 0 N–H and O–H groups in total. The summed E-state index contributed by atoms with van der Waals surface area (Å²) in [6, 6.07) is 3.75. The molecule has 3 nitrogen and oxygen atoms in total. The second kappa shape index (κ2) is 3.67. The Bertz CT molecular complexity index is 609. The summed E-state index contributed by atoms with van der Waals surface area (Å²) in [5.41, 5.74) is 2.91. The van der Waals surface area contributed by atoms with Crippen LogP contribution in [-0.4, -0.2) is 7.11 Å². The van der Waals surface area contributed by atoms with Gasteiger partial charge in [-0.2, -0.15) is 0 Å². The summed E-state index contributed by atoms with van der Waals surface area (Å²) >= 11 is 0. The average Bonchev–Trinajstić information content (AvgIpc) is 2.26. The zero-order valence-corrected chi connectivity index (χ0v) is 9.88. The fraction of sp³-hybridized carbons (Fsp3) is 0.308. The third-order valence-electron chi connectivity index (χ3n) is 2.97. The van der Waals surface area contributed by atoms with Crippen LogP contribution < -0.4 is 10.4 Å². The standard InChI is InChI=1S/C13H14O3/c1-7-5-12-10(6-11(7)15-4)8(2)9(3)13(14)16-12/h5-6H,1-4H3. The van der Waals surface area contributed by atoms with Gasteiger partial charge in [-0.1, -0.05) is 0 Å². The van der Waals surface area contributed by atoms with Gasteiger partial charge in [0.25, 0.3) is 0 Å². The predicted octanol–water partition coefficient (Wildman–Crippen LogP) is 2.73. The molecule has 0 saturated carbocycles. The second-order valence-electron chi connectivity index (χ2n) is 3.96. The van der Waals surface area contributed by atoms with E-state index in [0.717, 1.165) is 22.3 Å². The van der Waals surface area contributed by atoms with E-state index in [0.29, 0.717) is 11.1 Å². The maximum Gasteiger partial charge on any atom is 0.339 e. The van der Waals surface area contributed by atoms with Gasteiger partial charge in [0.2, 0.25) is 0 Å². The van der Waals surface area contributed by atoms with Crippen LogP contribution in [0, 0.1) is 20.8 Å². The van der Waals surface area contributed by atoms with Crippen molar-refractivity contribution in [1.29, 1.82) is 0 Å². The van der Waals surface area contributed by atoms with Crippen LogP contribution >= 0.6 is 0 Å². The third-order valence-corrected chi connectivity index (χ3v) is 2.97.